The summed E-state index contributed by atoms with van der Waals surface area (Å²) >= 11 is 4.23. The smallest absolute Gasteiger partial charge is 0.0168 e. The van der Waals surface area contributed by atoms with Crippen molar-refractivity contribution in [2.45, 2.75) is 38.8 Å². The van der Waals surface area contributed by atoms with Gasteiger partial charge < -0.3 is 5.32 Å². The van der Waals surface area contributed by atoms with Crippen molar-refractivity contribution in [2.24, 2.45) is 5.41 Å². The lowest BCUT2D eigenvalue weighted by molar-refractivity contribution is 0.305. The zero-order valence-corrected chi connectivity index (χ0v) is 10.8. The summed E-state index contributed by atoms with van der Waals surface area (Å²) in [4.78, 5) is 0. The van der Waals surface area contributed by atoms with E-state index < -0.39 is 0 Å². The average Bonchev–Trinajstić information content (AvgIpc) is 2.54. The van der Waals surface area contributed by atoms with Crippen LogP contribution in [0.25, 0.3) is 0 Å². The molecule has 2 heterocycles. The number of nitrogens with one attached hydrogen (secondary N) is 1. The third kappa shape index (κ3) is 3.07. The molecule has 2 aliphatic heterocycles. The van der Waals surface area contributed by atoms with Crippen LogP contribution in [0.5, 0.6) is 0 Å². The molecule has 2 unspecified atom stereocenters. The molecule has 0 aromatic heterocycles. The van der Waals surface area contributed by atoms with Crippen molar-refractivity contribution < 1.29 is 0 Å². The van der Waals surface area contributed by atoms with Crippen LogP contribution in [0.15, 0.2) is 0 Å². The van der Waals surface area contributed by atoms with Gasteiger partial charge in [-0.2, -0.15) is 23.5 Å². The summed E-state index contributed by atoms with van der Waals surface area (Å²) in [7, 11) is 0. The van der Waals surface area contributed by atoms with Gasteiger partial charge in [0.25, 0.3) is 0 Å². The van der Waals surface area contributed by atoms with Crippen molar-refractivity contribution in [1.82, 2.24) is 5.32 Å². The molecule has 82 valence electrons. The highest BCUT2D eigenvalue weighted by atomic mass is 32.2. The molecule has 14 heavy (non-hydrogen) atoms. The molecule has 0 aromatic carbocycles. The summed E-state index contributed by atoms with van der Waals surface area (Å²) in [5.74, 6) is 5.36. The van der Waals surface area contributed by atoms with Crippen LogP contribution in [0.1, 0.15) is 26.7 Å². The predicted octanol–water partition coefficient (Wildman–Crippen LogP) is 2.61. The minimum atomic E-state index is 0.548. The number of rotatable bonds is 2. The summed E-state index contributed by atoms with van der Waals surface area (Å²) in [5.41, 5.74) is 0.548. The first-order valence-corrected chi connectivity index (χ1v) is 7.88. The molecular weight excluding hydrogens is 210 g/mol. The second-order valence-corrected chi connectivity index (χ2v) is 7.49. The molecule has 2 fully saturated rings. The zero-order chi connectivity index (χ0) is 10.0. The van der Waals surface area contributed by atoms with Crippen LogP contribution in [0.4, 0.5) is 0 Å². The minimum Gasteiger partial charge on any atom is -0.310 e. The van der Waals surface area contributed by atoms with Crippen LogP contribution >= 0.6 is 23.5 Å². The molecule has 0 aliphatic carbocycles. The molecule has 0 saturated carbocycles. The Morgan fingerprint density at radius 3 is 2.57 bits per heavy atom. The highest BCUT2D eigenvalue weighted by Crippen LogP contribution is 2.34. The summed E-state index contributed by atoms with van der Waals surface area (Å²) in [5, 5.41) is 3.83. The lowest BCUT2D eigenvalue weighted by atomic mass is 9.87. The Labute approximate surface area is 96.2 Å². The van der Waals surface area contributed by atoms with Gasteiger partial charge in [0, 0.05) is 23.6 Å². The predicted molar refractivity (Wildman–Crippen MR) is 68.4 cm³/mol. The van der Waals surface area contributed by atoms with Gasteiger partial charge in [-0.3, -0.25) is 0 Å². The normalized spacial score (nSPS) is 37.3. The molecule has 2 rings (SSSR count). The largest absolute Gasteiger partial charge is 0.310 e. The van der Waals surface area contributed by atoms with Gasteiger partial charge in [0.15, 0.2) is 0 Å². The molecule has 0 amide bonds. The van der Waals surface area contributed by atoms with E-state index in [0.29, 0.717) is 5.41 Å². The molecule has 0 aromatic rings. The fourth-order valence-corrected chi connectivity index (χ4v) is 4.82. The van der Waals surface area contributed by atoms with E-state index in [0.717, 1.165) is 12.1 Å². The average molecular weight is 231 g/mol. The SMILES string of the molecule is CC1(C)CSCC(NC2CCSC2)C1. The van der Waals surface area contributed by atoms with Gasteiger partial charge >= 0.3 is 0 Å². The van der Waals surface area contributed by atoms with E-state index in [9.17, 15) is 0 Å². The monoisotopic (exact) mass is 231 g/mol. The number of thioether (sulfide) groups is 2. The quantitative estimate of drug-likeness (QED) is 0.784. The van der Waals surface area contributed by atoms with E-state index in [2.05, 4.69) is 42.7 Å². The van der Waals surface area contributed by atoms with Crippen molar-refractivity contribution in [3.63, 3.8) is 0 Å². The standard InChI is InChI=1S/C11H21NS2/c1-11(2)5-10(7-14-8-11)12-9-3-4-13-6-9/h9-10,12H,3-8H2,1-2H3. The van der Waals surface area contributed by atoms with E-state index >= 15 is 0 Å². The van der Waals surface area contributed by atoms with Crippen molar-refractivity contribution in [3.8, 4) is 0 Å². The summed E-state index contributed by atoms with van der Waals surface area (Å²) < 4.78 is 0. The van der Waals surface area contributed by atoms with Crippen molar-refractivity contribution in [2.75, 3.05) is 23.0 Å². The molecule has 2 aliphatic rings. The number of hydrogen-bond acceptors (Lipinski definition) is 3. The molecule has 2 saturated heterocycles. The first kappa shape index (κ1) is 11.2. The highest BCUT2D eigenvalue weighted by Gasteiger charge is 2.30. The van der Waals surface area contributed by atoms with Crippen LogP contribution in [0.2, 0.25) is 0 Å². The lowest BCUT2D eigenvalue weighted by Gasteiger charge is -2.36. The molecule has 3 heteroatoms. The Kier molecular flexibility index (Phi) is 3.72. The van der Waals surface area contributed by atoms with Gasteiger partial charge in [0.2, 0.25) is 0 Å². The third-order valence-corrected chi connectivity index (χ3v) is 5.80. The minimum absolute atomic E-state index is 0.548. The number of hydrogen-bond donors (Lipinski definition) is 1. The fraction of sp³-hybridized carbons (Fsp3) is 1.00. The van der Waals surface area contributed by atoms with Crippen LogP contribution in [0, 0.1) is 5.41 Å². The van der Waals surface area contributed by atoms with Crippen molar-refractivity contribution in [3.05, 3.63) is 0 Å². The van der Waals surface area contributed by atoms with Gasteiger partial charge in [-0.15, -0.1) is 0 Å². The second-order valence-electron chi connectivity index (χ2n) is 5.31. The Morgan fingerprint density at radius 1 is 1.14 bits per heavy atom. The van der Waals surface area contributed by atoms with Crippen LogP contribution in [-0.2, 0) is 0 Å². The van der Waals surface area contributed by atoms with Gasteiger partial charge in [0.05, 0.1) is 0 Å². The fourth-order valence-electron chi connectivity index (χ4n) is 2.37. The zero-order valence-electron chi connectivity index (χ0n) is 9.21. The van der Waals surface area contributed by atoms with E-state index in [4.69, 9.17) is 0 Å². The molecule has 1 N–H and O–H groups in total. The summed E-state index contributed by atoms with van der Waals surface area (Å²) in [6, 6.07) is 1.58. The topological polar surface area (TPSA) is 12.0 Å². The maximum Gasteiger partial charge on any atom is 0.0168 e. The van der Waals surface area contributed by atoms with E-state index in [-0.39, 0.29) is 0 Å². The molecule has 1 nitrogen and oxygen atoms in total. The van der Waals surface area contributed by atoms with E-state index in [1.165, 1.54) is 35.9 Å². The first-order valence-electron chi connectivity index (χ1n) is 5.57. The second kappa shape index (κ2) is 4.67. The molecular formula is C11H21NS2. The van der Waals surface area contributed by atoms with E-state index in [1.54, 1.807) is 0 Å². The van der Waals surface area contributed by atoms with Crippen molar-refractivity contribution >= 4 is 23.5 Å². The highest BCUT2D eigenvalue weighted by molar-refractivity contribution is 7.99. The summed E-state index contributed by atoms with van der Waals surface area (Å²) in [6.45, 7) is 4.80. The van der Waals surface area contributed by atoms with E-state index in [1.807, 2.05) is 0 Å². The van der Waals surface area contributed by atoms with Gasteiger partial charge in [-0.05, 0) is 29.8 Å². The molecule has 0 radical (unpaired) electrons. The maximum atomic E-state index is 3.83. The Bertz CT molecular complexity index is 188. The Morgan fingerprint density at radius 2 is 1.93 bits per heavy atom. The van der Waals surface area contributed by atoms with Gasteiger partial charge in [0.1, 0.15) is 0 Å². The van der Waals surface area contributed by atoms with Crippen LogP contribution in [0.3, 0.4) is 0 Å². The van der Waals surface area contributed by atoms with Gasteiger partial charge in [-0.1, -0.05) is 13.8 Å². The van der Waals surface area contributed by atoms with Crippen LogP contribution < -0.4 is 5.32 Å². The molecule has 2 atom stereocenters. The molecule has 0 spiro atoms. The first-order chi connectivity index (χ1) is 6.66. The van der Waals surface area contributed by atoms with Crippen LogP contribution in [-0.4, -0.2) is 35.1 Å². The van der Waals surface area contributed by atoms with Gasteiger partial charge in [-0.25, -0.2) is 0 Å². The Balaban J connectivity index is 1.79. The summed E-state index contributed by atoms with van der Waals surface area (Å²) in [6.07, 6.45) is 2.74. The third-order valence-electron chi connectivity index (χ3n) is 3.01. The maximum absolute atomic E-state index is 3.83. The lowest BCUT2D eigenvalue weighted by Crippen LogP contribution is -2.45. The molecule has 0 bridgehead atoms. The van der Waals surface area contributed by atoms with Crippen molar-refractivity contribution in [1.29, 1.82) is 0 Å². The Hall–Kier alpha value is 0.660.